The Morgan fingerprint density at radius 1 is 0.746 bits per heavy atom. The van der Waals surface area contributed by atoms with Gasteiger partial charge in [-0.25, -0.2) is 9.78 Å². The number of aliphatic hydroxyl groups is 2. The quantitative estimate of drug-likeness (QED) is 0.0414. The molecule has 0 fully saturated rings. The van der Waals surface area contributed by atoms with E-state index in [0.717, 1.165) is 0 Å². The second-order valence-electron chi connectivity index (χ2n) is 14.0. The van der Waals surface area contributed by atoms with E-state index in [1.807, 2.05) is 0 Å². The third kappa shape index (κ3) is 13.9. The Balaban J connectivity index is 1.93. The van der Waals surface area contributed by atoms with Crippen molar-refractivity contribution in [3.8, 4) is 0 Å². The molecule has 2 heterocycles. The lowest BCUT2D eigenvalue weighted by Crippen LogP contribution is -2.61. The smallest absolute Gasteiger partial charge is 0.326 e. The van der Waals surface area contributed by atoms with Gasteiger partial charge in [-0.15, -0.1) is 0 Å². The summed E-state index contributed by atoms with van der Waals surface area (Å²) in [5, 5.41) is 44.2. The molecule has 3 aromatic rings. The summed E-state index contributed by atoms with van der Waals surface area (Å²) in [6, 6.07) is -2.82. The molecule has 0 unspecified atom stereocenters. The van der Waals surface area contributed by atoms with Gasteiger partial charge in [0.1, 0.15) is 42.3 Å². The predicted octanol–water partition coefficient (Wildman–Crippen LogP) is -3.69. The van der Waals surface area contributed by atoms with Crippen LogP contribution in [0, 0.1) is 5.92 Å². The van der Waals surface area contributed by atoms with E-state index in [2.05, 4.69) is 46.9 Å². The van der Waals surface area contributed by atoms with E-state index in [0.29, 0.717) is 28.6 Å². The summed E-state index contributed by atoms with van der Waals surface area (Å²) in [6.07, 6.45) is 3.65. The fourth-order valence-electron chi connectivity index (χ4n) is 5.82. The van der Waals surface area contributed by atoms with Crippen LogP contribution in [-0.4, -0.2) is 133 Å². The number of hydrogen-bond acceptors (Lipinski definition) is 12. The molecule has 0 aliphatic carbocycles. The number of rotatable bonds is 24. The molecule has 22 heteroatoms. The fraction of sp³-hybridized carbons (Fsp3) is 0.486. The molecule has 0 radical (unpaired) electrons. The summed E-state index contributed by atoms with van der Waals surface area (Å²) in [4.78, 5) is 114. The number of H-pyrrole nitrogens is 2. The van der Waals surface area contributed by atoms with Gasteiger partial charge in [0.05, 0.1) is 19.5 Å². The monoisotopic (exact) mass is 827 g/mol. The Bertz CT molecular complexity index is 1940. The van der Waals surface area contributed by atoms with Crippen molar-refractivity contribution in [3.05, 3.63) is 54.2 Å². The molecule has 59 heavy (non-hydrogen) atoms. The lowest BCUT2D eigenvalue weighted by Gasteiger charge is -2.27. The highest BCUT2D eigenvalue weighted by atomic mass is 16.4. The molecule has 1 aromatic carbocycles. The largest absolute Gasteiger partial charge is 0.480 e. The molecule has 0 saturated carbocycles. The first-order valence-electron chi connectivity index (χ1n) is 18.8. The number of amides is 7. The van der Waals surface area contributed by atoms with Gasteiger partial charge in [-0.1, -0.05) is 38.5 Å². The van der Waals surface area contributed by atoms with Crippen molar-refractivity contribution < 1.29 is 53.7 Å². The number of carboxylic acid groups (broad SMARTS) is 1. The molecular weight excluding hydrogens is 774 g/mol. The van der Waals surface area contributed by atoms with Crippen molar-refractivity contribution >= 4 is 58.2 Å². The van der Waals surface area contributed by atoms with E-state index in [9.17, 15) is 48.6 Å². The van der Waals surface area contributed by atoms with Gasteiger partial charge in [-0.3, -0.25) is 33.6 Å². The van der Waals surface area contributed by atoms with Gasteiger partial charge >= 0.3 is 5.97 Å². The standard InChI is InChI=1S/C37H53N11O11/c1-4-18(2)30(37(58)59)48-33(54)25(9-10-29(39)51)44-34(55)26(11-20-13-41-24-8-6-5-7-22(20)24)45-35(56)27(12-21-14-40-17-42-21)46-36(57)28(16-50)47-31(52)19(3)43-32(53)23(38)15-49/h5-8,13-14,17-19,23,25-28,30,41,49-50H,4,9-12,15-16,38H2,1-3H3,(H2,39,51)(H,40,42)(H,43,53)(H,44,55)(H,45,56)(H,46,57)(H,47,52)(H,48,54)(H,58,59)/t18-,19-,23-,25-,26-,27-,28-,30-/m0/s1. The van der Waals surface area contributed by atoms with Crippen molar-refractivity contribution in [1.29, 1.82) is 0 Å². The minimum atomic E-state index is -1.63. The number of carbonyl (C=O) groups is 8. The predicted molar refractivity (Wildman–Crippen MR) is 209 cm³/mol. The number of nitrogens with zero attached hydrogens (tertiary/aromatic N) is 1. The molecule has 322 valence electrons. The molecule has 0 saturated heterocycles. The van der Waals surface area contributed by atoms with E-state index in [1.165, 1.54) is 19.4 Å². The van der Waals surface area contributed by atoms with Crippen molar-refractivity contribution in [2.45, 2.75) is 95.2 Å². The van der Waals surface area contributed by atoms with Gasteiger partial charge in [0.2, 0.25) is 41.4 Å². The molecule has 3 rings (SSSR count). The zero-order valence-electron chi connectivity index (χ0n) is 32.8. The number of aromatic amines is 2. The number of aliphatic carboxylic acids is 1. The number of carbonyl (C=O) groups excluding carboxylic acids is 7. The van der Waals surface area contributed by atoms with E-state index in [4.69, 9.17) is 16.6 Å². The van der Waals surface area contributed by atoms with Gasteiger partial charge in [-0.2, -0.15) is 0 Å². The zero-order chi connectivity index (χ0) is 43.8. The maximum Gasteiger partial charge on any atom is 0.326 e. The van der Waals surface area contributed by atoms with Crippen molar-refractivity contribution in [2.24, 2.45) is 17.4 Å². The average Bonchev–Trinajstić information content (AvgIpc) is 3.88. The zero-order valence-corrected chi connectivity index (χ0v) is 32.8. The second-order valence-corrected chi connectivity index (χ2v) is 14.0. The average molecular weight is 828 g/mol. The Labute approximate surface area is 338 Å². The number of aliphatic hydroxyl groups excluding tert-OH is 2. The van der Waals surface area contributed by atoms with Gasteiger partial charge in [0, 0.05) is 48.3 Å². The number of para-hydroxylation sites is 1. The van der Waals surface area contributed by atoms with Crippen LogP contribution in [0.3, 0.4) is 0 Å². The van der Waals surface area contributed by atoms with Gasteiger partial charge in [0.25, 0.3) is 0 Å². The number of primary amides is 1. The van der Waals surface area contributed by atoms with Gasteiger partial charge in [0.15, 0.2) is 0 Å². The Morgan fingerprint density at radius 2 is 1.34 bits per heavy atom. The van der Waals surface area contributed by atoms with E-state index in [1.54, 1.807) is 44.3 Å². The third-order valence-corrected chi connectivity index (χ3v) is 9.53. The Kier molecular flexibility index (Phi) is 17.9. The normalized spacial score (nSPS) is 15.2. The highest BCUT2D eigenvalue weighted by Crippen LogP contribution is 2.20. The molecule has 0 aliphatic rings. The molecule has 7 amide bonds. The third-order valence-electron chi connectivity index (χ3n) is 9.53. The minimum absolute atomic E-state index is 0.167. The van der Waals surface area contributed by atoms with Crippen LogP contribution in [-0.2, 0) is 51.2 Å². The Morgan fingerprint density at radius 3 is 1.92 bits per heavy atom. The Hall–Kier alpha value is -6.39. The number of aromatic nitrogens is 3. The van der Waals surface area contributed by atoms with Crippen molar-refractivity contribution in [1.82, 2.24) is 46.9 Å². The lowest BCUT2D eigenvalue weighted by atomic mass is 9.98. The van der Waals surface area contributed by atoms with Gasteiger partial charge < -0.3 is 68.7 Å². The summed E-state index contributed by atoms with van der Waals surface area (Å²) in [6.45, 7) is 3.00. The van der Waals surface area contributed by atoms with E-state index >= 15 is 0 Å². The second kappa shape index (κ2) is 22.5. The highest BCUT2D eigenvalue weighted by Gasteiger charge is 2.34. The molecule has 0 aliphatic heterocycles. The summed E-state index contributed by atoms with van der Waals surface area (Å²) in [5.41, 5.74) is 12.5. The molecule has 2 aromatic heterocycles. The number of benzene rings is 1. The lowest BCUT2D eigenvalue weighted by molar-refractivity contribution is -0.144. The van der Waals surface area contributed by atoms with Crippen LogP contribution >= 0.6 is 0 Å². The van der Waals surface area contributed by atoms with Crippen LogP contribution in [0.2, 0.25) is 0 Å². The van der Waals surface area contributed by atoms with Gasteiger partial charge in [-0.05, 0) is 30.9 Å². The maximum absolute atomic E-state index is 14.2. The molecule has 8 atom stereocenters. The number of nitrogens with one attached hydrogen (secondary N) is 8. The van der Waals surface area contributed by atoms with Crippen molar-refractivity contribution in [3.63, 3.8) is 0 Å². The SMILES string of the molecule is CC[C@H](C)[C@H](NC(=O)[C@H](CCC(N)=O)NC(=O)[C@H](Cc1c[nH]c2ccccc12)NC(=O)[C@H](Cc1cnc[nH]1)NC(=O)[C@H](CO)NC(=O)[C@H](C)NC(=O)[C@@H](N)CO)C(=O)O. The summed E-state index contributed by atoms with van der Waals surface area (Å²) in [7, 11) is 0. The van der Waals surface area contributed by atoms with E-state index < -0.39 is 109 Å². The molecule has 15 N–H and O–H groups in total. The first-order chi connectivity index (χ1) is 28.0. The summed E-state index contributed by atoms with van der Waals surface area (Å²) < 4.78 is 0. The first kappa shape index (κ1) is 47.0. The fourth-order valence-corrected chi connectivity index (χ4v) is 5.82. The van der Waals surface area contributed by atoms with Crippen LogP contribution in [0.5, 0.6) is 0 Å². The van der Waals surface area contributed by atoms with E-state index in [-0.39, 0.29) is 25.7 Å². The topological polar surface area (TPSA) is 366 Å². The number of carboxylic acids is 1. The van der Waals surface area contributed by atoms with Crippen LogP contribution in [0.1, 0.15) is 51.3 Å². The molecule has 0 spiro atoms. The summed E-state index contributed by atoms with van der Waals surface area (Å²) >= 11 is 0. The molecule has 22 nitrogen and oxygen atoms in total. The maximum atomic E-state index is 14.2. The number of nitrogens with two attached hydrogens (primary N) is 2. The molecular formula is C37H53N11O11. The minimum Gasteiger partial charge on any atom is -0.480 e. The van der Waals surface area contributed by atoms with Crippen LogP contribution in [0.4, 0.5) is 0 Å². The van der Waals surface area contributed by atoms with Crippen LogP contribution in [0.25, 0.3) is 10.9 Å². The number of hydrogen-bond donors (Lipinski definition) is 13. The summed E-state index contributed by atoms with van der Waals surface area (Å²) in [5.74, 6) is -8.12. The van der Waals surface area contributed by atoms with Crippen molar-refractivity contribution in [2.75, 3.05) is 13.2 Å². The highest BCUT2D eigenvalue weighted by molar-refractivity contribution is 5.97. The molecule has 0 bridgehead atoms. The first-order valence-corrected chi connectivity index (χ1v) is 18.8. The van der Waals surface area contributed by atoms with Crippen LogP contribution < -0.4 is 43.4 Å². The number of fused-ring (bicyclic) bond motifs is 1. The number of imidazole rings is 1. The van der Waals surface area contributed by atoms with Crippen LogP contribution in [0.15, 0.2) is 43.0 Å².